The van der Waals surface area contributed by atoms with Crippen LogP contribution >= 0.6 is 11.6 Å². The number of piperazine rings is 1. The van der Waals surface area contributed by atoms with Crippen LogP contribution in [-0.2, 0) is 4.79 Å². The summed E-state index contributed by atoms with van der Waals surface area (Å²) in [7, 11) is 0. The molecule has 1 heterocycles. The van der Waals surface area contributed by atoms with Gasteiger partial charge in [-0.25, -0.2) is 0 Å². The van der Waals surface area contributed by atoms with Gasteiger partial charge in [0.05, 0.1) is 0 Å². The molecule has 1 aliphatic heterocycles. The number of amides is 2. The zero-order chi connectivity index (χ0) is 15.2. The second kappa shape index (κ2) is 7.43. The molecular formula is C15H20ClN3O2. The molecule has 0 aliphatic carbocycles. The Balaban J connectivity index is 1.87. The molecule has 1 aliphatic rings. The average Bonchev–Trinajstić information content (AvgIpc) is 2.53. The molecule has 6 heteroatoms. The Morgan fingerprint density at radius 3 is 2.19 bits per heavy atom. The first-order valence-corrected chi connectivity index (χ1v) is 7.52. The largest absolute Gasteiger partial charge is 0.339 e. The van der Waals surface area contributed by atoms with Crippen molar-refractivity contribution in [1.82, 2.24) is 9.80 Å². The van der Waals surface area contributed by atoms with Crippen LogP contribution in [0.5, 0.6) is 0 Å². The van der Waals surface area contributed by atoms with E-state index in [9.17, 15) is 9.59 Å². The van der Waals surface area contributed by atoms with Crippen LogP contribution in [0.1, 0.15) is 23.2 Å². The number of nitrogens with two attached hydrogens (primary N) is 1. The topological polar surface area (TPSA) is 66.6 Å². The molecule has 1 aromatic rings. The summed E-state index contributed by atoms with van der Waals surface area (Å²) in [6.45, 7) is 2.83. The van der Waals surface area contributed by atoms with Crippen LogP contribution in [-0.4, -0.2) is 54.3 Å². The fourth-order valence-electron chi connectivity index (χ4n) is 2.35. The number of halogens is 1. The quantitative estimate of drug-likeness (QED) is 0.913. The van der Waals surface area contributed by atoms with E-state index in [1.165, 1.54) is 0 Å². The highest BCUT2D eigenvalue weighted by atomic mass is 35.5. The van der Waals surface area contributed by atoms with Crippen molar-refractivity contribution in [3.05, 3.63) is 34.9 Å². The minimum atomic E-state index is -0.0132. The van der Waals surface area contributed by atoms with E-state index in [-0.39, 0.29) is 11.8 Å². The van der Waals surface area contributed by atoms with Crippen molar-refractivity contribution in [2.24, 2.45) is 5.73 Å². The minimum absolute atomic E-state index is 0.0132. The Hall–Kier alpha value is -1.59. The summed E-state index contributed by atoms with van der Waals surface area (Å²) in [5, 5.41) is 0.613. The highest BCUT2D eigenvalue weighted by molar-refractivity contribution is 6.30. The highest BCUT2D eigenvalue weighted by Gasteiger charge is 2.24. The molecule has 0 atom stereocenters. The summed E-state index contributed by atoms with van der Waals surface area (Å²) in [5.74, 6) is 0.111. The molecule has 2 rings (SSSR count). The van der Waals surface area contributed by atoms with Gasteiger partial charge in [0.1, 0.15) is 0 Å². The van der Waals surface area contributed by atoms with Gasteiger partial charge in [0.25, 0.3) is 5.91 Å². The van der Waals surface area contributed by atoms with Crippen molar-refractivity contribution < 1.29 is 9.59 Å². The van der Waals surface area contributed by atoms with Crippen molar-refractivity contribution >= 4 is 23.4 Å². The maximum Gasteiger partial charge on any atom is 0.253 e. The highest BCUT2D eigenvalue weighted by Crippen LogP contribution is 2.13. The lowest BCUT2D eigenvalue weighted by molar-refractivity contribution is -0.132. The molecule has 1 saturated heterocycles. The third-order valence-electron chi connectivity index (χ3n) is 3.61. The molecule has 0 radical (unpaired) electrons. The van der Waals surface area contributed by atoms with Crippen molar-refractivity contribution in [3.63, 3.8) is 0 Å². The lowest BCUT2D eigenvalue weighted by atomic mass is 10.1. The smallest absolute Gasteiger partial charge is 0.253 e. The maximum atomic E-state index is 12.3. The fraction of sp³-hybridized carbons (Fsp3) is 0.467. The average molecular weight is 310 g/mol. The first-order valence-electron chi connectivity index (χ1n) is 7.14. The van der Waals surface area contributed by atoms with E-state index < -0.39 is 0 Å². The van der Waals surface area contributed by atoms with Crippen LogP contribution in [0, 0.1) is 0 Å². The number of carbonyl (C=O) groups is 2. The molecule has 0 aromatic heterocycles. The van der Waals surface area contributed by atoms with Gasteiger partial charge in [0, 0.05) is 43.2 Å². The molecule has 2 N–H and O–H groups in total. The lowest BCUT2D eigenvalue weighted by Crippen LogP contribution is -2.50. The molecule has 114 valence electrons. The fourth-order valence-corrected chi connectivity index (χ4v) is 2.47. The predicted octanol–water partition coefficient (Wildman–Crippen LogP) is 1.36. The molecule has 0 spiro atoms. The summed E-state index contributed by atoms with van der Waals surface area (Å²) >= 11 is 5.82. The van der Waals surface area contributed by atoms with Crippen molar-refractivity contribution in [3.8, 4) is 0 Å². The number of benzene rings is 1. The number of rotatable bonds is 4. The first kappa shape index (κ1) is 15.8. The maximum absolute atomic E-state index is 12.3. The Labute approximate surface area is 129 Å². The van der Waals surface area contributed by atoms with Gasteiger partial charge in [-0.05, 0) is 37.2 Å². The zero-order valence-electron chi connectivity index (χ0n) is 11.9. The summed E-state index contributed by atoms with van der Waals surface area (Å²) in [4.78, 5) is 27.8. The van der Waals surface area contributed by atoms with Gasteiger partial charge < -0.3 is 15.5 Å². The summed E-state index contributed by atoms with van der Waals surface area (Å²) in [6, 6.07) is 6.87. The third kappa shape index (κ3) is 4.19. The lowest BCUT2D eigenvalue weighted by Gasteiger charge is -2.35. The molecule has 0 bridgehead atoms. The molecular weight excluding hydrogens is 290 g/mol. The Morgan fingerprint density at radius 2 is 1.62 bits per heavy atom. The molecule has 21 heavy (non-hydrogen) atoms. The summed E-state index contributed by atoms with van der Waals surface area (Å²) < 4.78 is 0. The second-order valence-corrected chi connectivity index (χ2v) is 5.51. The molecule has 1 fully saturated rings. The van der Waals surface area contributed by atoms with Gasteiger partial charge in [0.2, 0.25) is 5.91 Å². The number of nitrogens with zero attached hydrogens (tertiary/aromatic N) is 2. The number of carbonyl (C=O) groups excluding carboxylic acids is 2. The van der Waals surface area contributed by atoms with Crippen LogP contribution in [0.3, 0.4) is 0 Å². The van der Waals surface area contributed by atoms with E-state index in [1.807, 2.05) is 0 Å². The Kier molecular flexibility index (Phi) is 5.59. The van der Waals surface area contributed by atoms with Crippen LogP contribution in [0.4, 0.5) is 0 Å². The minimum Gasteiger partial charge on any atom is -0.339 e. The van der Waals surface area contributed by atoms with E-state index in [1.54, 1.807) is 34.1 Å². The Morgan fingerprint density at radius 1 is 1.05 bits per heavy atom. The molecule has 5 nitrogen and oxygen atoms in total. The second-order valence-electron chi connectivity index (χ2n) is 5.07. The summed E-state index contributed by atoms with van der Waals surface area (Å²) in [5.41, 5.74) is 6.04. The monoisotopic (exact) mass is 309 g/mol. The Bertz CT molecular complexity index is 496. The van der Waals surface area contributed by atoms with Crippen LogP contribution in [0.15, 0.2) is 24.3 Å². The standard InChI is InChI=1S/C15H20ClN3O2/c16-13-5-3-12(4-6-13)15(21)19-10-8-18(9-11-19)14(20)2-1-7-17/h3-6H,1-2,7-11,17H2. The number of hydrogen-bond acceptors (Lipinski definition) is 3. The number of hydrogen-bond donors (Lipinski definition) is 1. The van der Waals surface area contributed by atoms with Crippen LogP contribution in [0.2, 0.25) is 5.02 Å². The van der Waals surface area contributed by atoms with Gasteiger partial charge in [0.15, 0.2) is 0 Å². The van der Waals surface area contributed by atoms with Crippen LogP contribution < -0.4 is 5.73 Å². The van der Waals surface area contributed by atoms with E-state index in [2.05, 4.69) is 0 Å². The van der Waals surface area contributed by atoms with E-state index in [0.717, 1.165) is 0 Å². The molecule has 0 unspecified atom stereocenters. The van der Waals surface area contributed by atoms with Crippen molar-refractivity contribution in [2.45, 2.75) is 12.8 Å². The van der Waals surface area contributed by atoms with Crippen molar-refractivity contribution in [2.75, 3.05) is 32.7 Å². The van der Waals surface area contributed by atoms with Gasteiger partial charge in [-0.3, -0.25) is 9.59 Å². The van der Waals surface area contributed by atoms with E-state index >= 15 is 0 Å². The predicted molar refractivity (Wildman–Crippen MR) is 82.2 cm³/mol. The first-order chi connectivity index (χ1) is 10.1. The molecule has 0 saturated carbocycles. The van der Waals surface area contributed by atoms with E-state index in [0.29, 0.717) is 56.2 Å². The summed E-state index contributed by atoms with van der Waals surface area (Å²) in [6.07, 6.45) is 1.20. The normalized spacial score (nSPS) is 15.1. The molecule has 1 aromatic carbocycles. The van der Waals surface area contributed by atoms with Gasteiger partial charge >= 0.3 is 0 Å². The van der Waals surface area contributed by atoms with Gasteiger partial charge in [-0.1, -0.05) is 11.6 Å². The SMILES string of the molecule is NCCCC(=O)N1CCN(C(=O)c2ccc(Cl)cc2)CC1. The third-order valence-corrected chi connectivity index (χ3v) is 3.86. The van der Waals surface area contributed by atoms with Crippen molar-refractivity contribution in [1.29, 1.82) is 0 Å². The molecule has 2 amide bonds. The van der Waals surface area contributed by atoms with E-state index in [4.69, 9.17) is 17.3 Å². The zero-order valence-corrected chi connectivity index (χ0v) is 12.7. The van der Waals surface area contributed by atoms with Gasteiger partial charge in [-0.2, -0.15) is 0 Å². The van der Waals surface area contributed by atoms with Crippen LogP contribution in [0.25, 0.3) is 0 Å². The van der Waals surface area contributed by atoms with Gasteiger partial charge in [-0.15, -0.1) is 0 Å².